The van der Waals surface area contributed by atoms with E-state index in [0.29, 0.717) is 84.8 Å². The molecule has 0 spiro atoms. The van der Waals surface area contributed by atoms with Gasteiger partial charge in [-0.1, -0.05) is 67.4 Å². The number of benzene rings is 6. The van der Waals surface area contributed by atoms with Crippen LogP contribution in [0, 0.1) is 21.4 Å². The molecule has 1 unspecified atom stereocenters. The Labute approximate surface area is 588 Å². The lowest BCUT2D eigenvalue weighted by Crippen LogP contribution is -2.39. The molecule has 1 aliphatic rings. The molecule has 1 fully saturated rings. The predicted octanol–water partition coefficient (Wildman–Crippen LogP) is 14.2. The molecule has 8 rings (SSSR count). The van der Waals surface area contributed by atoms with Gasteiger partial charge in [-0.15, -0.1) is 10.2 Å². The van der Waals surface area contributed by atoms with E-state index in [4.69, 9.17) is 42.2 Å². The fourth-order valence-electron chi connectivity index (χ4n) is 11.3. The van der Waals surface area contributed by atoms with Crippen LogP contribution < -0.4 is 45.7 Å². The first-order chi connectivity index (χ1) is 48.9. The fourth-order valence-corrected chi connectivity index (χ4v) is 13.0. The first-order valence-corrected chi connectivity index (χ1v) is 34.3. The molecule has 6 aromatic carbocycles. The van der Waals surface area contributed by atoms with Gasteiger partial charge < -0.3 is 57.7 Å². The summed E-state index contributed by atoms with van der Waals surface area (Å²) < 4.78 is 58.7. The number of ether oxygens (including phenoxy) is 7. The van der Waals surface area contributed by atoms with E-state index < -0.39 is 60.7 Å². The number of methoxy groups -OCH3 is 4. The fraction of sp³-hybridized carbons (Fsp3) is 0.384. The number of nitrogens with zero attached hydrogens (tertiary/aromatic N) is 9. The number of unbranched alkanes of at least 4 members (excludes halogenated alkanes) is 3. The summed E-state index contributed by atoms with van der Waals surface area (Å²) in [5, 5.41) is 43.4. The van der Waals surface area contributed by atoms with Gasteiger partial charge in [0.05, 0.1) is 88.7 Å². The molecule has 534 valence electrons. The first-order valence-electron chi connectivity index (χ1n) is 33.2. The van der Waals surface area contributed by atoms with Crippen LogP contribution in [0.2, 0.25) is 0 Å². The van der Waals surface area contributed by atoms with E-state index in [1.54, 1.807) is 26.4 Å². The van der Waals surface area contributed by atoms with Crippen LogP contribution in [-0.4, -0.2) is 130 Å². The third-order valence-electron chi connectivity index (χ3n) is 16.4. The highest BCUT2D eigenvalue weighted by molar-refractivity contribution is 7.44. The Morgan fingerprint density at radius 3 is 1.86 bits per heavy atom. The Bertz CT molecular complexity index is 4020. The number of nitriles is 1. The quantitative estimate of drug-likeness (QED) is 0.00616. The number of H-pyrrole nitrogens is 1. The standard InChI is InChI=1S/C73H87N12O15P/c1-10-82(58-30-26-56(27-31-58)78-80-62-45-65(95-9)63(46-64(62)94-8)81-79-57-28-32-59(33-29-57)85(90)91)42-44-96-72(89)76-41-17-12-11-16-40-75-68(86)38-21-52-48-83(71(88)77-70(52)87)69-47-66(100-101(98-43-18-39-74)84(50(2)3)51(4)5)67(99-69)49-97-73(53-19-14-13-15-20-53,54-22-34-60(92-6)35-23-54)55-24-36-61(93-7)37-25-55/h13-15,19-38,45-46,48,50-51,66-67,69H,10-12,16-18,40-44,47,49H2,1-9H3,(H,75,86)(H,76,89)(H,77,87,88)/b38-21+,80-78?,81-79?/t66-,67+,69+,101?/m0/s1. The zero-order valence-corrected chi connectivity index (χ0v) is 59.1. The van der Waals surface area contributed by atoms with Crippen LogP contribution in [0.15, 0.2) is 182 Å². The summed E-state index contributed by atoms with van der Waals surface area (Å²) in [5.41, 5.74) is 2.30. The van der Waals surface area contributed by atoms with E-state index in [-0.39, 0.29) is 56.0 Å². The molecule has 1 aliphatic heterocycles. The molecule has 0 bridgehead atoms. The molecular weight excluding hydrogens is 1320 g/mol. The number of likely N-dealkylation sites (N-methyl/N-ethyl adjacent to an activating group) is 1. The number of carbonyl (C=O) groups is 2. The Kier molecular flexibility index (Phi) is 29.1. The summed E-state index contributed by atoms with van der Waals surface area (Å²) in [6.07, 6.45) is 4.00. The molecule has 2 heterocycles. The van der Waals surface area contributed by atoms with Crippen molar-refractivity contribution in [2.75, 3.05) is 79.3 Å². The smallest absolute Gasteiger partial charge is 0.407 e. The maximum atomic E-state index is 13.9. The summed E-state index contributed by atoms with van der Waals surface area (Å²) in [6, 6.07) is 43.5. The van der Waals surface area contributed by atoms with Crippen LogP contribution in [0.5, 0.6) is 23.0 Å². The Hall–Kier alpha value is -10.2. The number of carbonyl (C=O) groups excluding carboxylic acids is 2. The maximum absolute atomic E-state index is 13.9. The first kappa shape index (κ1) is 76.6. The van der Waals surface area contributed by atoms with Crippen molar-refractivity contribution in [2.45, 2.75) is 109 Å². The SMILES string of the molecule is CCN(CCOC(=O)NCCCCCCNC(=O)/C=C/c1cn([C@H]2C[C@H](OP(OCCC#N)N(C(C)C)C(C)C)[C@@H](COC(c3ccccc3)(c3ccc(OC)cc3)c3ccc(OC)cc3)O2)c(=O)[nH]c1=O)c1ccc(N=Nc2cc(OC)c(N=Nc3ccc([N+](=O)[O-])cc3)cc2OC)cc1. The number of nitro groups is 1. The molecule has 1 aromatic heterocycles. The van der Waals surface area contributed by atoms with Crippen molar-refractivity contribution in [3.05, 3.63) is 205 Å². The highest BCUT2D eigenvalue weighted by atomic mass is 31.2. The minimum absolute atomic E-state index is 0.0243. The summed E-state index contributed by atoms with van der Waals surface area (Å²) in [7, 11) is 4.37. The van der Waals surface area contributed by atoms with E-state index in [1.807, 2.05) is 138 Å². The van der Waals surface area contributed by atoms with Gasteiger partial charge in [0.25, 0.3) is 19.8 Å². The Morgan fingerprint density at radius 1 is 0.762 bits per heavy atom. The Morgan fingerprint density at radius 2 is 1.33 bits per heavy atom. The highest BCUT2D eigenvalue weighted by Crippen LogP contribution is 2.51. The average molecular weight is 1400 g/mol. The number of rotatable bonds is 38. The van der Waals surface area contributed by atoms with E-state index >= 15 is 0 Å². The van der Waals surface area contributed by atoms with Crippen molar-refractivity contribution >= 4 is 60.7 Å². The lowest BCUT2D eigenvalue weighted by molar-refractivity contribution is -0.384. The largest absolute Gasteiger partial charge is 0.497 e. The number of aromatic nitrogens is 2. The second kappa shape index (κ2) is 38.4. The molecule has 7 aromatic rings. The van der Waals surface area contributed by atoms with Crippen molar-refractivity contribution in [2.24, 2.45) is 20.5 Å². The number of nitro benzene ring substituents is 1. The van der Waals surface area contributed by atoms with Crippen molar-refractivity contribution in [1.82, 2.24) is 24.9 Å². The third kappa shape index (κ3) is 21.2. The van der Waals surface area contributed by atoms with Gasteiger partial charge in [0, 0.05) is 80.4 Å². The summed E-state index contributed by atoms with van der Waals surface area (Å²) in [5.74, 6) is 1.59. The van der Waals surface area contributed by atoms with Crippen molar-refractivity contribution in [3.8, 4) is 29.1 Å². The van der Waals surface area contributed by atoms with Crippen molar-refractivity contribution < 1.29 is 56.7 Å². The molecule has 27 nitrogen and oxygen atoms in total. The second-order valence-electron chi connectivity index (χ2n) is 23.7. The van der Waals surface area contributed by atoms with E-state index in [9.17, 15) is 34.6 Å². The number of nitrogens with one attached hydrogen (secondary N) is 3. The van der Waals surface area contributed by atoms with Gasteiger partial charge in [0.1, 0.15) is 58.9 Å². The Balaban J connectivity index is 0.822. The predicted molar refractivity (Wildman–Crippen MR) is 383 cm³/mol. The molecule has 0 radical (unpaired) electrons. The summed E-state index contributed by atoms with van der Waals surface area (Å²) in [6.45, 7) is 12.2. The normalized spacial score (nSPS) is 14.9. The van der Waals surface area contributed by atoms with Gasteiger partial charge in [-0.25, -0.2) is 14.3 Å². The van der Waals surface area contributed by atoms with Gasteiger partial charge in [-0.3, -0.25) is 29.3 Å². The van der Waals surface area contributed by atoms with Gasteiger partial charge in [0.15, 0.2) is 0 Å². The molecular formula is C73H87N12O15P. The second-order valence-corrected chi connectivity index (χ2v) is 25.1. The van der Waals surface area contributed by atoms with E-state index in [1.165, 1.54) is 61.4 Å². The number of alkyl carbamates (subject to hydrolysis) is 1. The number of hydrogen-bond donors (Lipinski definition) is 3. The number of aromatic amines is 1. The van der Waals surface area contributed by atoms with Gasteiger partial charge in [0.2, 0.25) is 5.91 Å². The summed E-state index contributed by atoms with van der Waals surface area (Å²) in [4.78, 5) is 68.0. The lowest BCUT2D eigenvalue weighted by Gasteiger charge is -2.39. The van der Waals surface area contributed by atoms with Crippen LogP contribution >= 0.6 is 8.53 Å². The van der Waals surface area contributed by atoms with Crippen LogP contribution in [0.1, 0.15) is 102 Å². The number of amides is 2. The molecule has 0 aliphatic carbocycles. The molecule has 4 atom stereocenters. The molecule has 1 saturated heterocycles. The monoisotopic (exact) mass is 1400 g/mol. The van der Waals surface area contributed by atoms with Crippen LogP contribution in [0.4, 0.5) is 38.9 Å². The van der Waals surface area contributed by atoms with Gasteiger partial charge >= 0.3 is 11.8 Å². The van der Waals surface area contributed by atoms with Crippen molar-refractivity contribution in [3.63, 3.8) is 0 Å². The van der Waals surface area contributed by atoms with Crippen LogP contribution in [0.25, 0.3) is 6.08 Å². The van der Waals surface area contributed by atoms with Crippen LogP contribution in [-0.2, 0) is 33.7 Å². The summed E-state index contributed by atoms with van der Waals surface area (Å²) >= 11 is 0. The van der Waals surface area contributed by atoms with Crippen LogP contribution in [0.3, 0.4) is 0 Å². The average Bonchev–Trinajstić information content (AvgIpc) is 1.34. The zero-order chi connectivity index (χ0) is 72.3. The minimum Gasteiger partial charge on any atom is -0.497 e. The van der Waals surface area contributed by atoms with Gasteiger partial charge in [-0.05, 0) is 131 Å². The molecule has 2 amide bonds. The maximum Gasteiger partial charge on any atom is 0.407 e. The molecule has 101 heavy (non-hydrogen) atoms. The number of azo groups is 2. The highest BCUT2D eigenvalue weighted by Gasteiger charge is 2.45. The lowest BCUT2D eigenvalue weighted by atomic mass is 9.80. The minimum atomic E-state index is -1.81. The number of anilines is 1. The number of hydrogen-bond acceptors (Lipinski definition) is 22. The van der Waals surface area contributed by atoms with E-state index in [2.05, 4.69) is 51.7 Å². The van der Waals surface area contributed by atoms with Gasteiger partial charge in [-0.2, -0.15) is 15.5 Å². The zero-order valence-electron chi connectivity index (χ0n) is 58.2. The van der Waals surface area contributed by atoms with E-state index in [0.717, 1.165) is 35.2 Å². The molecule has 0 saturated carbocycles. The molecule has 28 heteroatoms. The third-order valence-corrected chi connectivity index (χ3v) is 18.5. The molecule has 3 N–H and O–H groups in total. The number of non-ortho nitro benzene ring substituents is 1. The van der Waals surface area contributed by atoms with Crippen molar-refractivity contribution in [1.29, 1.82) is 5.26 Å². The topological polar surface area (TPSA) is 319 Å².